The number of likely N-dealkylation sites (N-methyl/N-ethyl adjacent to an activating group) is 1. The van der Waals surface area contributed by atoms with Gasteiger partial charge in [0, 0.05) is 18.8 Å². The Labute approximate surface area is 120 Å². The summed E-state index contributed by atoms with van der Waals surface area (Å²) in [6.07, 6.45) is 3.45. The largest absolute Gasteiger partial charge is 0.312 e. The second-order valence-electron chi connectivity index (χ2n) is 4.93. The molecule has 0 heterocycles. The lowest BCUT2D eigenvalue weighted by atomic mass is 10.1. The van der Waals surface area contributed by atoms with Crippen molar-refractivity contribution < 1.29 is 4.79 Å². The highest BCUT2D eigenvalue weighted by Gasteiger charge is 2.10. The van der Waals surface area contributed by atoms with Gasteiger partial charge in [-0.25, -0.2) is 0 Å². The minimum absolute atomic E-state index is 0.0254. The van der Waals surface area contributed by atoms with Crippen molar-refractivity contribution in [2.45, 2.75) is 13.8 Å². The normalized spacial score (nSPS) is 10.8. The predicted octanol–water partition coefficient (Wildman–Crippen LogP) is 3.98. The van der Waals surface area contributed by atoms with Crippen LogP contribution in [0.4, 0.5) is 5.69 Å². The average molecular weight is 265 g/mol. The van der Waals surface area contributed by atoms with E-state index in [0.717, 1.165) is 22.4 Å². The molecule has 0 saturated heterocycles. The molecule has 0 spiro atoms. The van der Waals surface area contributed by atoms with E-state index in [-0.39, 0.29) is 5.91 Å². The molecule has 2 aromatic carbocycles. The van der Waals surface area contributed by atoms with Crippen LogP contribution in [0.5, 0.6) is 0 Å². The number of amides is 1. The Balaban J connectivity index is 2.17. The van der Waals surface area contributed by atoms with Crippen LogP contribution in [-0.2, 0) is 4.79 Å². The van der Waals surface area contributed by atoms with Crippen molar-refractivity contribution in [1.82, 2.24) is 0 Å². The van der Waals surface area contributed by atoms with E-state index in [1.54, 1.807) is 18.0 Å². The highest BCUT2D eigenvalue weighted by Crippen LogP contribution is 2.20. The molecule has 2 heteroatoms. The first kappa shape index (κ1) is 14.1. The molecule has 0 aliphatic heterocycles. The van der Waals surface area contributed by atoms with E-state index >= 15 is 0 Å². The number of rotatable bonds is 3. The molecule has 0 N–H and O–H groups in total. The van der Waals surface area contributed by atoms with Crippen LogP contribution in [0.3, 0.4) is 0 Å². The van der Waals surface area contributed by atoms with Crippen LogP contribution in [-0.4, -0.2) is 13.0 Å². The molecule has 2 aromatic rings. The lowest BCUT2D eigenvalue weighted by Gasteiger charge is -2.18. The van der Waals surface area contributed by atoms with Gasteiger partial charge in [0.25, 0.3) is 5.91 Å². The molecule has 0 saturated carbocycles. The van der Waals surface area contributed by atoms with Gasteiger partial charge in [-0.05, 0) is 42.7 Å². The SMILES string of the molecule is Cc1ccc(C)c(N(C)C(=O)C=Cc2ccccc2)c1. The second kappa shape index (κ2) is 6.20. The van der Waals surface area contributed by atoms with Crippen molar-refractivity contribution >= 4 is 17.7 Å². The van der Waals surface area contributed by atoms with Gasteiger partial charge in [-0.1, -0.05) is 42.5 Å². The van der Waals surface area contributed by atoms with Crippen molar-refractivity contribution in [3.8, 4) is 0 Å². The van der Waals surface area contributed by atoms with Crippen LogP contribution < -0.4 is 4.90 Å². The summed E-state index contributed by atoms with van der Waals surface area (Å²) < 4.78 is 0. The number of aryl methyl sites for hydroxylation is 2. The Bertz CT molecular complexity index is 629. The minimum atomic E-state index is -0.0254. The van der Waals surface area contributed by atoms with Crippen LogP contribution >= 0.6 is 0 Å². The van der Waals surface area contributed by atoms with Crippen LogP contribution in [0.2, 0.25) is 0 Å². The molecule has 0 unspecified atom stereocenters. The third-order valence-electron chi connectivity index (χ3n) is 3.27. The molecule has 20 heavy (non-hydrogen) atoms. The van der Waals surface area contributed by atoms with Crippen molar-refractivity contribution in [3.63, 3.8) is 0 Å². The fourth-order valence-electron chi connectivity index (χ4n) is 2.04. The van der Waals surface area contributed by atoms with E-state index in [1.165, 1.54) is 0 Å². The van der Waals surface area contributed by atoms with Gasteiger partial charge >= 0.3 is 0 Å². The van der Waals surface area contributed by atoms with Gasteiger partial charge in [-0.3, -0.25) is 4.79 Å². The summed E-state index contributed by atoms with van der Waals surface area (Å²) in [4.78, 5) is 13.9. The summed E-state index contributed by atoms with van der Waals surface area (Å²) in [5, 5.41) is 0. The number of nitrogens with zero attached hydrogens (tertiary/aromatic N) is 1. The standard InChI is InChI=1S/C18H19NO/c1-14-9-10-15(2)17(13-14)19(3)18(20)12-11-16-7-5-4-6-8-16/h4-13H,1-3H3. The van der Waals surface area contributed by atoms with Crippen LogP contribution in [0.15, 0.2) is 54.6 Å². The lowest BCUT2D eigenvalue weighted by Crippen LogP contribution is -2.24. The summed E-state index contributed by atoms with van der Waals surface area (Å²) in [7, 11) is 1.80. The van der Waals surface area contributed by atoms with E-state index in [9.17, 15) is 4.79 Å². The lowest BCUT2D eigenvalue weighted by molar-refractivity contribution is -0.113. The van der Waals surface area contributed by atoms with Crippen molar-refractivity contribution in [2.24, 2.45) is 0 Å². The third-order valence-corrected chi connectivity index (χ3v) is 3.27. The van der Waals surface area contributed by atoms with E-state index in [2.05, 4.69) is 6.07 Å². The molecular formula is C18H19NO. The van der Waals surface area contributed by atoms with Gasteiger partial charge in [0.15, 0.2) is 0 Å². The number of carbonyl (C=O) groups excluding carboxylic acids is 1. The summed E-state index contributed by atoms with van der Waals surface area (Å²) in [6.45, 7) is 4.04. The number of carbonyl (C=O) groups is 1. The van der Waals surface area contributed by atoms with E-state index in [0.29, 0.717) is 0 Å². The average Bonchev–Trinajstić information content (AvgIpc) is 2.47. The van der Waals surface area contributed by atoms with Crippen LogP contribution in [0.1, 0.15) is 16.7 Å². The number of anilines is 1. The molecule has 2 nitrogen and oxygen atoms in total. The first-order valence-electron chi connectivity index (χ1n) is 6.66. The molecule has 0 radical (unpaired) electrons. The first-order valence-corrected chi connectivity index (χ1v) is 6.66. The monoisotopic (exact) mass is 265 g/mol. The molecule has 0 aliphatic carbocycles. The van der Waals surface area contributed by atoms with Gasteiger partial charge in [-0.2, -0.15) is 0 Å². The molecule has 2 rings (SSSR count). The molecule has 0 aromatic heterocycles. The molecule has 0 fully saturated rings. The van der Waals surface area contributed by atoms with Gasteiger partial charge in [-0.15, -0.1) is 0 Å². The maximum absolute atomic E-state index is 12.2. The Morgan fingerprint density at radius 3 is 2.45 bits per heavy atom. The quantitative estimate of drug-likeness (QED) is 0.769. The molecule has 0 bridgehead atoms. The van der Waals surface area contributed by atoms with E-state index in [4.69, 9.17) is 0 Å². The van der Waals surface area contributed by atoms with Crippen LogP contribution in [0.25, 0.3) is 6.08 Å². The zero-order valence-corrected chi connectivity index (χ0v) is 12.1. The maximum Gasteiger partial charge on any atom is 0.250 e. The van der Waals surface area contributed by atoms with E-state index in [1.807, 2.05) is 62.4 Å². The third kappa shape index (κ3) is 3.35. The van der Waals surface area contributed by atoms with Gasteiger partial charge in [0.2, 0.25) is 0 Å². The molecule has 1 amide bonds. The van der Waals surface area contributed by atoms with E-state index < -0.39 is 0 Å². The second-order valence-corrected chi connectivity index (χ2v) is 4.93. The predicted molar refractivity (Wildman–Crippen MR) is 84.8 cm³/mol. The van der Waals surface area contributed by atoms with Crippen molar-refractivity contribution in [1.29, 1.82) is 0 Å². The molecular weight excluding hydrogens is 246 g/mol. The zero-order valence-electron chi connectivity index (χ0n) is 12.1. The number of benzene rings is 2. The Hall–Kier alpha value is -2.35. The highest BCUT2D eigenvalue weighted by atomic mass is 16.2. The summed E-state index contributed by atoms with van der Waals surface area (Å²) in [5.74, 6) is -0.0254. The Morgan fingerprint density at radius 2 is 1.75 bits per heavy atom. The number of hydrogen-bond donors (Lipinski definition) is 0. The Morgan fingerprint density at radius 1 is 1.05 bits per heavy atom. The summed E-state index contributed by atoms with van der Waals surface area (Å²) >= 11 is 0. The summed E-state index contributed by atoms with van der Waals surface area (Å²) in [5.41, 5.74) is 4.22. The Kier molecular flexibility index (Phi) is 4.36. The van der Waals surface area contributed by atoms with Gasteiger partial charge < -0.3 is 4.90 Å². The number of hydrogen-bond acceptors (Lipinski definition) is 1. The molecule has 102 valence electrons. The van der Waals surface area contributed by atoms with Gasteiger partial charge in [0.05, 0.1) is 0 Å². The fraction of sp³-hybridized carbons (Fsp3) is 0.167. The highest BCUT2D eigenvalue weighted by molar-refractivity contribution is 6.03. The van der Waals surface area contributed by atoms with Crippen molar-refractivity contribution in [2.75, 3.05) is 11.9 Å². The fourth-order valence-corrected chi connectivity index (χ4v) is 2.04. The smallest absolute Gasteiger partial charge is 0.250 e. The van der Waals surface area contributed by atoms with Crippen molar-refractivity contribution in [3.05, 3.63) is 71.3 Å². The summed E-state index contributed by atoms with van der Waals surface area (Å²) in [6, 6.07) is 15.9. The van der Waals surface area contributed by atoms with Gasteiger partial charge in [0.1, 0.15) is 0 Å². The first-order chi connectivity index (χ1) is 9.58. The molecule has 0 aliphatic rings. The minimum Gasteiger partial charge on any atom is -0.312 e. The molecule has 0 atom stereocenters. The topological polar surface area (TPSA) is 20.3 Å². The maximum atomic E-state index is 12.2. The van der Waals surface area contributed by atoms with Crippen LogP contribution in [0, 0.1) is 13.8 Å². The zero-order chi connectivity index (χ0) is 14.5.